The second-order valence-corrected chi connectivity index (χ2v) is 3.96. The molecule has 0 spiro atoms. The molecule has 0 saturated heterocycles. The standard InChI is InChI=1S/C11H13ClN2O4/c1-2-13(5-6-15)11(16)9-4-3-8(12)7-10(9)14(17)18/h3-4,7,15H,2,5-6H2,1H3. The van der Waals surface area contributed by atoms with E-state index in [-0.39, 0.29) is 29.4 Å². The van der Waals surface area contributed by atoms with Crippen molar-refractivity contribution in [2.45, 2.75) is 6.92 Å². The summed E-state index contributed by atoms with van der Waals surface area (Å²) in [5.74, 6) is -0.491. The normalized spacial score (nSPS) is 10.2. The number of amides is 1. The Hall–Kier alpha value is -1.66. The number of nitro groups is 1. The Balaban J connectivity index is 3.15. The van der Waals surface area contributed by atoms with Crippen molar-refractivity contribution in [3.8, 4) is 0 Å². The van der Waals surface area contributed by atoms with E-state index in [1.165, 1.54) is 17.0 Å². The van der Waals surface area contributed by atoms with Crippen LogP contribution in [-0.2, 0) is 0 Å². The van der Waals surface area contributed by atoms with E-state index >= 15 is 0 Å². The first kappa shape index (κ1) is 14.4. The number of rotatable bonds is 5. The number of benzene rings is 1. The van der Waals surface area contributed by atoms with Gasteiger partial charge in [0.1, 0.15) is 5.56 Å². The Morgan fingerprint density at radius 1 is 1.56 bits per heavy atom. The van der Waals surface area contributed by atoms with Crippen molar-refractivity contribution in [3.63, 3.8) is 0 Å². The van der Waals surface area contributed by atoms with Gasteiger partial charge in [-0.15, -0.1) is 0 Å². The molecule has 1 amide bonds. The first-order chi connectivity index (χ1) is 8.51. The molecule has 0 aliphatic carbocycles. The molecule has 1 aromatic carbocycles. The molecule has 0 radical (unpaired) electrons. The van der Waals surface area contributed by atoms with Gasteiger partial charge in [0.25, 0.3) is 11.6 Å². The van der Waals surface area contributed by atoms with Crippen molar-refractivity contribution in [2.75, 3.05) is 19.7 Å². The van der Waals surface area contributed by atoms with Crippen LogP contribution in [0.1, 0.15) is 17.3 Å². The molecule has 18 heavy (non-hydrogen) atoms. The molecule has 0 bridgehead atoms. The highest BCUT2D eigenvalue weighted by molar-refractivity contribution is 6.31. The molecule has 7 heteroatoms. The smallest absolute Gasteiger partial charge is 0.283 e. The predicted molar refractivity (Wildman–Crippen MR) is 66.8 cm³/mol. The molecule has 0 aliphatic heterocycles. The summed E-state index contributed by atoms with van der Waals surface area (Å²) in [5, 5.41) is 19.9. The van der Waals surface area contributed by atoms with Gasteiger partial charge in [-0.05, 0) is 19.1 Å². The Kier molecular flexibility index (Phi) is 5.06. The van der Waals surface area contributed by atoms with E-state index in [0.717, 1.165) is 6.07 Å². The number of halogens is 1. The van der Waals surface area contributed by atoms with Gasteiger partial charge in [0, 0.05) is 24.2 Å². The summed E-state index contributed by atoms with van der Waals surface area (Å²) in [6, 6.07) is 3.89. The van der Waals surface area contributed by atoms with E-state index in [4.69, 9.17) is 16.7 Å². The van der Waals surface area contributed by atoms with Crippen LogP contribution in [0.4, 0.5) is 5.69 Å². The van der Waals surface area contributed by atoms with Gasteiger partial charge in [0.15, 0.2) is 0 Å². The summed E-state index contributed by atoms with van der Waals surface area (Å²) in [6.07, 6.45) is 0. The van der Waals surface area contributed by atoms with Crippen molar-refractivity contribution in [2.24, 2.45) is 0 Å². The van der Waals surface area contributed by atoms with E-state index in [1.807, 2.05) is 0 Å². The number of aliphatic hydroxyl groups excluding tert-OH is 1. The highest BCUT2D eigenvalue weighted by Crippen LogP contribution is 2.24. The third-order valence-corrected chi connectivity index (χ3v) is 2.66. The third-order valence-electron chi connectivity index (χ3n) is 2.43. The number of hydrogen-bond donors (Lipinski definition) is 1. The molecular weight excluding hydrogens is 260 g/mol. The first-order valence-corrected chi connectivity index (χ1v) is 5.73. The van der Waals surface area contributed by atoms with Crippen LogP contribution in [0, 0.1) is 10.1 Å². The number of carbonyl (C=O) groups excluding carboxylic acids is 1. The van der Waals surface area contributed by atoms with Crippen molar-refractivity contribution >= 4 is 23.2 Å². The number of nitro benzene ring substituents is 1. The summed E-state index contributed by atoms with van der Waals surface area (Å²) >= 11 is 5.67. The van der Waals surface area contributed by atoms with E-state index < -0.39 is 10.8 Å². The minimum absolute atomic E-state index is 0.0281. The first-order valence-electron chi connectivity index (χ1n) is 5.35. The van der Waals surface area contributed by atoms with Crippen LogP contribution in [0.2, 0.25) is 5.02 Å². The van der Waals surface area contributed by atoms with Crippen LogP contribution in [0.25, 0.3) is 0 Å². The lowest BCUT2D eigenvalue weighted by atomic mass is 10.1. The predicted octanol–water partition coefficient (Wildman–Crippen LogP) is 1.70. The van der Waals surface area contributed by atoms with Crippen LogP contribution >= 0.6 is 11.6 Å². The second-order valence-electron chi connectivity index (χ2n) is 3.53. The number of likely N-dealkylation sites (N-methyl/N-ethyl adjacent to an activating group) is 1. The quantitative estimate of drug-likeness (QED) is 0.653. The molecule has 6 nitrogen and oxygen atoms in total. The average molecular weight is 273 g/mol. The molecule has 0 aliphatic rings. The molecule has 0 aromatic heterocycles. The van der Waals surface area contributed by atoms with Gasteiger partial charge in [-0.25, -0.2) is 0 Å². The lowest BCUT2D eigenvalue weighted by Crippen LogP contribution is -2.33. The van der Waals surface area contributed by atoms with E-state index in [1.54, 1.807) is 6.92 Å². The lowest BCUT2D eigenvalue weighted by Gasteiger charge is -2.19. The summed E-state index contributed by atoms with van der Waals surface area (Å²) in [7, 11) is 0. The topological polar surface area (TPSA) is 83.7 Å². The van der Waals surface area contributed by atoms with Crippen LogP contribution in [0.3, 0.4) is 0 Å². The summed E-state index contributed by atoms with van der Waals surface area (Å²) in [5.41, 5.74) is -0.358. The minimum Gasteiger partial charge on any atom is -0.395 e. The molecular formula is C11H13ClN2O4. The maximum Gasteiger partial charge on any atom is 0.283 e. The minimum atomic E-state index is -0.647. The number of nitrogens with zero attached hydrogens (tertiary/aromatic N) is 2. The fourth-order valence-electron chi connectivity index (χ4n) is 1.53. The third kappa shape index (κ3) is 3.18. The number of hydrogen-bond acceptors (Lipinski definition) is 4. The van der Waals surface area contributed by atoms with E-state index in [9.17, 15) is 14.9 Å². The molecule has 98 valence electrons. The lowest BCUT2D eigenvalue weighted by molar-refractivity contribution is -0.385. The van der Waals surface area contributed by atoms with Gasteiger partial charge >= 0.3 is 0 Å². The van der Waals surface area contributed by atoms with Gasteiger partial charge in [-0.2, -0.15) is 0 Å². The van der Waals surface area contributed by atoms with Crippen molar-refractivity contribution in [1.82, 2.24) is 4.90 Å². The maximum absolute atomic E-state index is 12.1. The van der Waals surface area contributed by atoms with Crippen LogP contribution in [0.5, 0.6) is 0 Å². The molecule has 0 saturated carbocycles. The van der Waals surface area contributed by atoms with Crippen molar-refractivity contribution in [3.05, 3.63) is 38.9 Å². The second kappa shape index (κ2) is 6.32. The average Bonchev–Trinajstić information content (AvgIpc) is 2.35. The fourth-order valence-corrected chi connectivity index (χ4v) is 1.70. The Bertz CT molecular complexity index is 464. The van der Waals surface area contributed by atoms with Gasteiger partial charge in [-0.1, -0.05) is 11.6 Å². The molecule has 1 aromatic rings. The summed E-state index contributed by atoms with van der Waals surface area (Å²) < 4.78 is 0. The zero-order valence-electron chi connectivity index (χ0n) is 9.80. The molecule has 0 atom stereocenters. The molecule has 0 unspecified atom stereocenters. The van der Waals surface area contributed by atoms with Crippen LogP contribution < -0.4 is 0 Å². The summed E-state index contributed by atoms with van der Waals surface area (Å²) in [4.78, 5) is 23.6. The zero-order chi connectivity index (χ0) is 13.7. The van der Waals surface area contributed by atoms with Crippen LogP contribution in [0.15, 0.2) is 18.2 Å². The van der Waals surface area contributed by atoms with Crippen molar-refractivity contribution < 1.29 is 14.8 Å². The van der Waals surface area contributed by atoms with Gasteiger partial charge in [0.2, 0.25) is 0 Å². The zero-order valence-corrected chi connectivity index (χ0v) is 10.6. The monoisotopic (exact) mass is 272 g/mol. The molecule has 1 N–H and O–H groups in total. The number of aliphatic hydroxyl groups is 1. The molecule has 1 rings (SSSR count). The van der Waals surface area contributed by atoms with E-state index in [0.29, 0.717) is 6.54 Å². The highest BCUT2D eigenvalue weighted by Gasteiger charge is 2.23. The van der Waals surface area contributed by atoms with Crippen molar-refractivity contribution in [1.29, 1.82) is 0 Å². The Morgan fingerprint density at radius 2 is 2.22 bits per heavy atom. The Morgan fingerprint density at radius 3 is 2.72 bits per heavy atom. The number of carbonyl (C=O) groups is 1. The highest BCUT2D eigenvalue weighted by atomic mass is 35.5. The molecule has 0 heterocycles. The van der Waals surface area contributed by atoms with E-state index in [2.05, 4.69) is 0 Å². The fraction of sp³-hybridized carbons (Fsp3) is 0.364. The largest absolute Gasteiger partial charge is 0.395 e. The van der Waals surface area contributed by atoms with Crippen LogP contribution in [-0.4, -0.2) is 40.5 Å². The SMILES string of the molecule is CCN(CCO)C(=O)c1ccc(Cl)cc1[N+](=O)[O-]. The van der Waals surface area contributed by atoms with Gasteiger partial charge in [-0.3, -0.25) is 14.9 Å². The molecule has 0 fully saturated rings. The Labute approximate surface area is 109 Å². The summed E-state index contributed by atoms with van der Waals surface area (Å²) in [6.45, 7) is 2.03. The van der Waals surface area contributed by atoms with Gasteiger partial charge in [0.05, 0.1) is 11.5 Å². The van der Waals surface area contributed by atoms with Gasteiger partial charge < -0.3 is 10.0 Å². The maximum atomic E-state index is 12.1.